The quantitative estimate of drug-likeness (QED) is 0.201. The number of esters is 1. The summed E-state index contributed by atoms with van der Waals surface area (Å²) in [4.78, 5) is 25.9. The van der Waals surface area contributed by atoms with Crippen LogP contribution < -0.4 is 10.9 Å². The minimum Gasteiger partial charge on any atom is -0.465 e. The van der Waals surface area contributed by atoms with Crippen LogP contribution in [0, 0.1) is 5.41 Å². The van der Waals surface area contributed by atoms with E-state index < -0.39 is 11.9 Å². The first-order valence-electron chi connectivity index (χ1n) is 10.2. The number of fused-ring (bicyclic) bond motifs is 3. The van der Waals surface area contributed by atoms with Crippen LogP contribution >= 0.6 is 27.3 Å². The molecular weight excluding hydrogens is 516 g/mol. The molecule has 8 heteroatoms. The Kier molecular flexibility index (Phi) is 5.77. The SMILES string of the molecule is COC(=O)c1c(-c2ccc(Br)cc2)csc1NC(=O)c1cc2c(ccc3ccccc32)oc1=N. The Morgan fingerprint density at radius 2 is 1.79 bits per heavy atom. The standard InChI is InChI=1S/C26H17BrN2O4S/c1-32-26(31)22-20(15-6-9-16(27)10-7-15)13-34-25(22)29-24(30)19-12-18-17-5-3-2-4-14(17)8-11-21(18)33-23(19)28/h2-13,28H,1H3,(H,29,30). The molecule has 0 spiro atoms. The molecule has 168 valence electrons. The van der Waals surface area contributed by atoms with E-state index >= 15 is 0 Å². The monoisotopic (exact) mass is 532 g/mol. The molecule has 5 rings (SSSR count). The van der Waals surface area contributed by atoms with Gasteiger partial charge < -0.3 is 14.5 Å². The fourth-order valence-electron chi connectivity index (χ4n) is 3.82. The molecule has 0 aliphatic rings. The first-order valence-corrected chi connectivity index (χ1v) is 11.9. The van der Waals surface area contributed by atoms with Gasteiger partial charge in [0.1, 0.15) is 21.7 Å². The van der Waals surface area contributed by atoms with E-state index in [0.29, 0.717) is 16.1 Å². The smallest absolute Gasteiger partial charge is 0.341 e. The number of carbonyl (C=O) groups excluding carboxylic acids is 2. The Morgan fingerprint density at radius 3 is 2.56 bits per heavy atom. The van der Waals surface area contributed by atoms with Crippen LogP contribution in [0.2, 0.25) is 0 Å². The Labute approximate surface area is 206 Å². The summed E-state index contributed by atoms with van der Waals surface area (Å²) in [5.74, 6) is -1.10. The van der Waals surface area contributed by atoms with Crippen LogP contribution in [-0.4, -0.2) is 19.0 Å². The fraction of sp³-hybridized carbons (Fsp3) is 0.0385. The molecular formula is C26H17BrN2O4S. The van der Waals surface area contributed by atoms with Crippen LogP contribution in [0.15, 0.2) is 81.0 Å². The highest BCUT2D eigenvalue weighted by molar-refractivity contribution is 9.10. The maximum absolute atomic E-state index is 13.2. The maximum atomic E-state index is 13.2. The second-order valence-corrected chi connectivity index (χ2v) is 9.29. The summed E-state index contributed by atoms with van der Waals surface area (Å²) in [7, 11) is 1.30. The van der Waals surface area contributed by atoms with Gasteiger partial charge in [-0.25, -0.2) is 4.79 Å². The van der Waals surface area contributed by atoms with Crippen LogP contribution in [0.4, 0.5) is 5.00 Å². The van der Waals surface area contributed by atoms with Gasteiger partial charge in [-0.05, 0) is 40.6 Å². The molecule has 0 aliphatic carbocycles. The molecule has 2 heterocycles. The zero-order valence-corrected chi connectivity index (χ0v) is 20.2. The number of rotatable bonds is 4. The average Bonchev–Trinajstić information content (AvgIpc) is 3.26. The number of anilines is 1. The van der Waals surface area contributed by atoms with Crippen molar-refractivity contribution < 1.29 is 18.7 Å². The van der Waals surface area contributed by atoms with Crippen LogP contribution in [0.25, 0.3) is 32.9 Å². The first-order chi connectivity index (χ1) is 16.5. The zero-order chi connectivity index (χ0) is 23.8. The molecule has 2 N–H and O–H groups in total. The lowest BCUT2D eigenvalue weighted by atomic mass is 10.0. The van der Waals surface area contributed by atoms with Crippen LogP contribution in [-0.2, 0) is 4.74 Å². The van der Waals surface area contributed by atoms with Crippen molar-refractivity contribution >= 4 is 65.9 Å². The van der Waals surface area contributed by atoms with Gasteiger partial charge in [0.2, 0.25) is 5.55 Å². The summed E-state index contributed by atoms with van der Waals surface area (Å²) in [6, 6.07) is 20.6. The highest BCUT2D eigenvalue weighted by Gasteiger charge is 2.23. The van der Waals surface area contributed by atoms with Gasteiger partial charge in [0.05, 0.1) is 7.11 Å². The van der Waals surface area contributed by atoms with E-state index in [9.17, 15) is 9.59 Å². The van der Waals surface area contributed by atoms with Gasteiger partial charge in [0.25, 0.3) is 5.91 Å². The lowest BCUT2D eigenvalue weighted by Crippen LogP contribution is -2.21. The molecule has 0 unspecified atom stereocenters. The summed E-state index contributed by atoms with van der Waals surface area (Å²) in [6.45, 7) is 0. The van der Waals surface area contributed by atoms with Crippen molar-refractivity contribution in [2.24, 2.45) is 0 Å². The molecule has 0 bridgehead atoms. The summed E-state index contributed by atoms with van der Waals surface area (Å²) in [5, 5.41) is 15.8. The number of hydrogen-bond donors (Lipinski definition) is 2. The van der Waals surface area contributed by atoms with E-state index in [2.05, 4.69) is 21.2 Å². The molecule has 0 aliphatic heterocycles. The molecule has 2 aromatic heterocycles. The van der Waals surface area contributed by atoms with E-state index in [1.54, 1.807) is 17.5 Å². The van der Waals surface area contributed by atoms with Gasteiger partial charge in [0.15, 0.2) is 0 Å². The number of hydrogen-bond acceptors (Lipinski definition) is 6. The Hall–Kier alpha value is -3.75. The normalized spacial score (nSPS) is 11.0. The number of amides is 1. The van der Waals surface area contributed by atoms with Crippen molar-refractivity contribution in [3.05, 3.63) is 93.3 Å². The fourth-order valence-corrected chi connectivity index (χ4v) is 5.04. The molecule has 5 aromatic rings. The van der Waals surface area contributed by atoms with Crippen molar-refractivity contribution in [3.63, 3.8) is 0 Å². The van der Waals surface area contributed by atoms with Gasteiger partial charge in [-0.15, -0.1) is 11.3 Å². The number of methoxy groups -OCH3 is 1. The molecule has 0 fully saturated rings. The van der Waals surface area contributed by atoms with Crippen molar-refractivity contribution in [1.29, 1.82) is 5.41 Å². The van der Waals surface area contributed by atoms with Gasteiger partial charge in [-0.1, -0.05) is 58.4 Å². The number of thiophene rings is 1. The minimum atomic E-state index is -0.560. The van der Waals surface area contributed by atoms with Crippen LogP contribution in [0.1, 0.15) is 20.7 Å². The number of halogens is 1. The number of benzene rings is 3. The van der Waals surface area contributed by atoms with E-state index in [1.165, 1.54) is 18.4 Å². The average molecular weight is 533 g/mol. The molecule has 1 amide bonds. The molecule has 6 nitrogen and oxygen atoms in total. The number of nitrogens with one attached hydrogen (secondary N) is 2. The Bertz CT molecular complexity index is 1640. The third-order valence-corrected chi connectivity index (χ3v) is 6.91. The van der Waals surface area contributed by atoms with Gasteiger partial charge in [0, 0.05) is 20.8 Å². The van der Waals surface area contributed by atoms with Crippen molar-refractivity contribution in [1.82, 2.24) is 0 Å². The predicted molar refractivity (Wildman–Crippen MR) is 136 cm³/mol. The van der Waals surface area contributed by atoms with E-state index in [0.717, 1.165) is 26.2 Å². The summed E-state index contributed by atoms with van der Waals surface area (Å²) in [5.41, 5.74) is 2.05. The van der Waals surface area contributed by atoms with Crippen molar-refractivity contribution in [2.75, 3.05) is 12.4 Å². The first kappa shape index (κ1) is 22.1. The molecule has 0 radical (unpaired) electrons. The largest absolute Gasteiger partial charge is 0.465 e. The molecule has 0 saturated carbocycles. The lowest BCUT2D eigenvalue weighted by Gasteiger charge is -2.09. The summed E-state index contributed by atoms with van der Waals surface area (Å²) < 4.78 is 11.6. The van der Waals surface area contributed by atoms with E-state index in [4.69, 9.17) is 14.6 Å². The van der Waals surface area contributed by atoms with Crippen molar-refractivity contribution in [3.8, 4) is 11.1 Å². The second-order valence-electron chi connectivity index (χ2n) is 7.49. The highest BCUT2D eigenvalue weighted by atomic mass is 79.9. The van der Waals surface area contributed by atoms with E-state index in [-0.39, 0.29) is 16.7 Å². The summed E-state index contributed by atoms with van der Waals surface area (Å²) in [6.07, 6.45) is 0. The number of carbonyl (C=O) groups is 2. The topological polar surface area (TPSA) is 92.4 Å². The maximum Gasteiger partial charge on any atom is 0.341 e. The highest BCUT2D eigenvalue weighted by Crippen LogP contribution is 2.37. The van der Waals surface area contributed by atoms with Crippen LogP contribution in [0.3, 0.4) is 0 Å². The third kappa shape index (κ3) is 3.91. The van der Waals surface area contributed by atoms with Crippen molar-refractivity contribution in [2.45, 2.75) is 0 Å². The molecule has 0 atom stereocenters. The number of ether oxygens (including phenoxy) is 1. The molecule has 3 aromatic carbocycles. The van der Waals surface area contributed by atoms with E-state index in [1.807, 2.05) is 54.6 Å². The Morgan fingerprint density at radius 1 is 1.03 bits per heavy atom. The van der Waals surface area contributed by atoms with Gasteiger partial charge >= 0.3 is 5.97 Å². The molecule has 0 saturated heterocycles. The third-order valence-electron chi connectivity index (χ3n) is 5.48. The lowest BCUT2D eigenvalue weighted by molar-refractivity contribution is 0.0603. The Balaban J connectivity index is 1.57. The van der Waals surface area contributed by atoms with Gasteiger partial charge in [-0.3, -0.25) is 10.2 Å². The minimum absolute atomic E-state index is 0.0678. The zero-order valence-electron chi connectivity index (χ0n) is 17.8. The van der Waals surface area contributed by atoms with Crippen LogP contribution in [0.5, 0.6) is 0 Å². The predicted octanol–water partition coefficient (Wildman–Crippen LogP) is 6.60. The molecule has 34 heavy (non-hydrogen) atoms. The second kappa shape index (κ2) is 8.89. The van der Waals surface area contributed by atoms with Gasteiger partial charge in [-0.2, -0.15) is 0 Å². The summed E-state index contributed by atoms with van der Waals surface area (Å²) >= 11 is 4.63.